The van der Waals surface area contributed by atoms with Gasteiger partial charge in [0, 0.05) is 22.5 Å². The Balaban J connectivity index is 0.872. The molecular weight excluding hydrogens is 711 g/mol. The van der Waals surface area contributed by atoms with Crippen LogP contribution in [0.4, 0.5) is 17.1 Å². The van der Waals surface area contributed by atoms with E-state index in [0.717, 1.165) is 40.7 Å². The van der Waals surface area contributed by atoms with Crippen molar-refractivity contribution in [3.05, 3.63) is 211 Å². The summed E-state index contributed by atoms with van der Waals surface area (Å²) in [6.45, 7) is 0. The van der Waals surface area contributed by atoms with Crippen LogP contribution in [0.1, 0.15) is 43.2 Å². The third-order valence-corrected chi connectivity index (χ3v) is 14.7. The van der Waals surface area contributed by atoms with Gasteiger partial charge in [-0.2, -0.15) is 0 Å². The van der Waals surface area contributed by atoms with E-state index in [1.807, 2.05) is 0 Å². The monoisotopic (exact) mass is 757 g/mol. The highest BCUT2D eigenvalue weighted by atomic mass is 15.1. The molecule has 284 valence electrons. The standard InChI is InChI=1S/C58H47N/c1-3-10-41(11-4-1)44-22-28-50(29-23-44)59(51-30-24-45(25-31-51)42-12-5-2-6-13-42)52-32-26-46(27-33-52)43-18-20-47(21-19-43)53-15-9-17-56-57(53)54-14-7-8-16-55(54)58(56)48-35-39-34-40(37-48)38-49(58)36-39/h1-33,39-40,48-49H,34-38H2. The van der Waals surface area contributed by atoms with E-state index < -0.39 is 0 Å². The minimum absolute atomic E-state index is 0.193. The van der Waals surface area contributed by atoms with Crippen molar-refractivity contribution in [2.24, 2.45) is 23.7 Å². The average molecular weight is 758 g/mol. The number of hydrogen-bond acceptors (Lipinski definition) is 1. The van der Waals surface area contributed by atoms with Gasteiger partial charge in [0.1, 0.15) is 0 Å². The molecule has 4 saturated carbocycles. The molecule has 0 N–H and O–H groups in total. The van der Waals surface area contributed by atoms with Crippen LogP contribution in [0.2, 0.25) is 0 Å². The predicted octanol–water partition coefficient (Wildman–Crippen LogP) is 15.5. The first-order valence-corrected chi connectivity index (χ1v) is 21.8. The highest BCUT2D eigenvalue weighted by Gasteiger charge is 2.61. The predicted molar refractivity (Wildman–Crippen MR) is 246 cm³/mol. The molecule has 13 rings (SSSR count). The molecular formula is C58H47N. The Labute approximate surface area is 348 Å². The quantitative estimate of drug-likeness (QED) is 0.156. The van der Waals surface area contributed by atoms with E-state index in [-0.39, 0.29) is 5.41 Å². The van der Waals surface area contributed by atoms with E-state index in [2.05, 4.69) is 205 Å². The van der Waals surface area contributed by atoms with Gasteiger partial charge in [0.25, 0.3) is 0 Å². The third kappa shape index (κ3) is 5.59. The maximum absolute atomic E-state index is 2.51. The molecule has 1 heteroatoms. The highest BCUT2D eigenvalue weighted by molar-refractivity contribution is 5.93. The van der Waals surface area contributed by atoms with Gasteiger partial charge in [-0.1, -0.05) is 164 Å². The fourth-order valence-electron chi connectivity index (χ4n) is 12.4. The summed E-state index contributed by atoms with van der Waals surface area (Å²) in [5.74, 6) is 3.45. The number of fused-ring (bicyclic) bond motifs is 3. The van der Waals surface area contributed by atoms with Crippen LogP contribution in [-0.4, -0.2) is 0 Å². The van der Waals surface area contributed by atoms with E-state index in [0.29, 0.717) is 0 Å². The van der Waals surface area contributed by atoms with Crippen LogP contribution in [0.5, 0.6) is 0 Å². The summed E-state index contributed by atoms with van der Waals surface area (Å²) >= 11 is 0. The third-order valence-electron chi connectivity index (χ3n) is 14.7. The van der Waals surface area contributed by atoms with Gasteiger partial charge in [-0.25, -0.2) is 0 Å². The zero-order chi connectivity index (χ0) is 38.9. The van der Waals surface area contributed by atoms with Crippen LogP contribution in [0.15, 0.2) is 200 Å². The van der Waals surface area contributed by atoms with Crippen molar-refractivity contribution >= 4 is 17.1 Å². The van der Waals surface area contributed by atoms with Crippen molar-refractivity contribution < 1.29 is 0 Å². The lowest BCUT2D eigenvalue weighted by atomic mass is 9.43. The Bertz CT molecular complexity index is 2670. The molecule has 8 aromatic rings. The molecule has 1 nitrogen and oxygen atoms in total. The van der Waals surface area contributed by atoms with Gasteiger partial charge in [0.05, 0.1) is 0 Å². The van der Waals surface area contributed by atoms with E-state index in [9.17, 15) is 0 Å². The van der Waals surface area contributed by atoms with Crippen molar-refractivity contribution in [2.75, 3.05) is 4.90 Å². The Morgan fingerprint density at radius 3 is 1.17 bits per heavy atom. The normalized spacial score (nSPS) is 22.0. The van der Waals surface area contributed by atoms with Crippen molar-refractivity contribution in [3.63, 3.8) is 0 Å². The van der Waals surface area contributed by atoms with Crippen LogP contribution in [-0.2, 0) is 5.41 Å². The Hall–Kier alpha value is -6.44. The van der Waals surface area contributed by atoms with Crippen LogP contribution < -0.4 is 4.90 Å². The summed E-state index contributed by atoms with van der Waals surface area (Å²) in [6.07, 6.45) is 7.14. The lowest BCUT2D eigenvalue weighted by Crippen LogP contribution is -2.55. The molecule has 0 heterocycles. The first kappa shape index (κ1) is 34.6. The molecule has 59 heavy (non-hydrogen) atoms. The summed E-state index contributed by atoms with van der Waals surface area (Å²) in [6, 6.07) is 74.3. The van der Waals surface area contributed by atoms with Crippen molar-refractivity contribution in [1.29, 1.82) is 0 Å². The zero-order valence-electron chi connectivity index (χ0n) is 33.3. The molecule has 0 aromatic heterocycles. The maximum Gasteiger partial charge on any atom is 0.0462 e. The summed E-state index contributed by atoms with van der Waals surface area (Å²) in [7, 11) is 0. The molecule has 0 saturated heterocycles. The number of nitrogens with zero attached hydrogens (tertiary/aromatic N) is 1. The lowest BCUT2D eigenvalue weighted by molar-refractivity contribution is -0.0399. The molecule has 1 spiro atoms. The first-order valence-electron chi connectivity index (χ1n) is 21.8. The van der Waals surface area contributed by atoms with Gasteiger partial charge in [0.2, 0.25) is 0 Å². The zero-order valence-corrected chi connectivity index (χ0v) is 33.3. The number of hydrogen-bond donors (Lipinski definition) is 0. The van der Waals surface area contributed by atoms with E-state index >= 15 is 0 Å². The number of benzene rings is 8. The van der Waals surface area contributed by atoms with Gasteiger partial charge in [-0.15, -0.1) is 0 Å². The second kappa shape index (κ2) is 13.8. The summed E-state index contributed by atoms with van der Waals surface area (Å²) in [4.78, 5) is 2.36. The fraction of sp³-hybridized carbons (Fsp3) is 0.172. The Morgan fingerprint density at radius 2 is 0.678 bits per heavy atom. The first-order chi connectivity index (χ1) is 29.2. The van der Waals surface area contributed by atoms with E-state index in [1.165, 1.54) is 87.7 Å². The molecule has 0 atom stereocenters. The highest BCUT2D eigenvalue weighted by Crippen LogP contribution is 2.70. The van der Waals surface area contributed by atoms with Crippen LogP contribution in [0.25, 0.3) is 55.6 Å². The van der Waals surface area contributed by atoms with Gasteiger partial charge < -0.3 is 4.90 Å². The fourth-order valence-corrected chi connectivity index (χ4v) is 12.4. The molecule has 8 aromatic carbocycles. The molecule has 4 bridgehead atoms. The largest absolute Gasteiger partial charge is 0.311 e. The second-order valence-corrected chi connectivity index (χ2v) is 17.7. The SMILES string of the molecule is c1ccc(-c2ccc(N(c3ccc(-c4ccccc4)cc3)c3ccc(-c4ccc(-c5cccc6c5-c5ccccc5C65C6CC7CC(C6)CC5C7)cc4)cc3)cc2)cc1. The van der Waals surface area contributed by atoms with Crippen molar-refractivity contribution in [2.45, 2.75) is 37.5 Å². The van der Waals surface area contributed by atoms with Gasteiger partial charge in [0.15, 0.2) is 0 Å². The molecule has 5 aliphatic rings. The summed E-state index contributed by atoms with van der Waals surface area (Å²) in [5.41, 5.74) is 19.8. The molecule has 0 radical (unpaired) electrons. The molecule has 4 fully saturated rings. The van der Waals surface area contributed by atoms with Gasteiger partial charge >= 0.3 is 0 Å². The topological polar surface area (TPSA) is 3.24 Å². The second-order valence-electron chi connectivity index (χ2n) is 17.7. The molecule has 0 amide bonds. The summed E-state index contributed by atoms with van der Waals surface area (Å²) in [5, 5.41) is 0. The molecule has 0 unspecified atom stereocenters. The maximum atomic E-state index is 2.51. The summed E-state index contributed by atoms with van der Waals surface area (Å²) < 4.78 is 0. The van der Waals surface area contributed by atoms with Gasteiger partial charge in [-0.05, 0) is 159 Å². The molecule has 5 aliphatic carbocycles. The minimum Gasteiger partial charge on any atom is -0.311 e. The van der Waals surface area contributed by atoms with Crippen LogP contribution in [0, 0.1) is 23.7 Å². The van der Waals surface area contributed by atoms with E-state index in [4.69, 9.17) is 0 Å². The smallest absolute Gasteiger partial charge is 0.0462 e. The van der Waals surface area contributed by atoms with Gasteiger partial charge in [-0.3, -0.25) is 0 Å². The number of anilines is 3. The Kier molecular flexibility index (Phi) is 8.12. The van der Waals surface area contributed by atoms with Crippen molar-refractivity contribution in [3.8, 4) is 55.6 Å². The lowest BCUT2D eigenvalue weighted by Gasteiger charge is -2.61. The van der Waals surface area contributed by atoms with E-state index in [1.54, 1.807) is 11.1 Å². The van der Waals surface area contributed by atoms with Crippen LogP contribution in [0.3, 0.4) is 0 Å². The number of rotatable bonds is 7. The molecule has 0 aliphatic heterocycles. The average Bonchev–Trinajstić information content (AvgIpc) is 3.60. The van der Waals surface area contributed by atoms with Crippen LogP contribution >= 0.6 is 0 Å². The van der Waals surface area contributed by atoms with Crippen molar-refractivity contribution in [1.82, 2.24) is 0 Å². The minimum atomic E-state index is 0.193. The Morgan fingerprint density at radius 1 is 0.305 bits per heavy atom.